The van der Waals surface area contributed by atoms with E-state index in [-0.39, 0.29) is 64.3 Å². The molecule has 0 saturated heterocycles. The second kappa shape index (κ2) is 9.27. The van der Waals surface area contributed by atoms with Crippen LogP contribution in [0.2, 0.25) is 0 Å². The predicted octanol–water partition coefficient (Wildman–Crippen LogP) is 4.27. The second-order valence-corrected chi connectivity index (χ2v) is 8.43. The van der Waals surface area contributed by atoms with Crippen molar-refractivity contribution in [2.24, 2.45) is 5.92 Å². The Morgan fingerprint density at radius 2 is 1.48 bits per heavy atom. The summed E-state index contributed by atoms with van der Waals surface area (Å²) in [5.41, 5.74) is 1.50. The summed E-state index contributed by atoms with van der Waals surface area (Å²) in [7, 11) is 0. The molecule has 1 aliphatic heterocycles. The quantitative estimate of drug-likeness (QED) is 0.323. The van der Waals surface area contributed by atoms with Gasteiger partial charge in [0.15, 0.2) is 5.78 Å². The van der Waals surface area contributed by atoms with Gasteiger partial charge in [-0.3, -0.25) is 24.5 Å². The molecule has 0 saturated carbocycles. The lowest BCUT2D eigenvalue weighted by Crippen LogP contribution is -2.42. The molecule has 0 radical (unpaired) electrons. The summed E-state index contributed by atoms with van der Waals surface area (Å²) >= 11 is 0. The lowest BCUT2D eigenvalue weighted by molar-refractivity contribution is -0.384. The zero-order chi connectivity index (χ0) is 23.2. The molecule has 0 amide bonds. The van der Waals surface area contributed by atoms with Crippen LogP contribution in [0.1, 0.15) is 51.8 Å². The first kappa shape index (κ1) is 24.3. The molecule has 172 valence electrons. The normalized spacial score (nSPS) is 17.2. The van der Waals surface area contributed by atoms with Gasteiger partial charge in [0.1, 0.15) is 11.4 Å². The molecular weight excluding hydrogens is 490 g/mol. The molecule has 0 spiro atoms. The zero-order valence-corrected chi connectivity index (χ0v) is 20.2. The maximum atomic E-state index is 13.4. The molecule has 1 atom stereocenters. The molecule has 0 N–H and O–H groups in total. The Bertz CT molecular complexity index is 1170. The van der Waals surface area contributed by atoms with Crippen LogP contribution in [-0.4, -0.2) is 51.3 Å². The van der Waals surface area contributed by atoms with Gasteiger partial charge in [0, 0.05) is 35.4 Å². The van der Waals surface area contributed by atoms with Gasteiger partial charge >= 0.3 is 0 Å². The van der Waals surface area contributed by atoms with E-state index in [0.29, 0.717) is 28.9 Å². The van der Waals surface area contributed by atoms with Crippen LogP contribution < -0.4 is 0 Å². The first-order chi connectivity index (χ1) is 15.2. The predicted molar refractivity (Wildman–Crippen MR) is 128 cm³/mol. The molecule has 1 heterocycles. The highest BCUT2D eigenvalue weighted by atomic mass is 79.9. The summed E-state index contributed by atoms with van der Waals surface area (Å²) in [6.45, 7) is 6.37. The smallest absolute Gasteiger partial charge is 0.269 e. The van der Waals surface area contributed by atoms with Crippen molar-refractivity contribution in [1.29, 1.82) is 0 Å². The van der Waals surface area contributed by atoms with Gasteiger partial charge in [0.25, 0.3) is 5.69 Å². The molecule has 2 aliphatic rings. The molecule has 8 nitrogen and oxygen atoms in total. The van der Waals surface area contributed by atoms with Crippen molar-refractivity contribution in [3.05, 3.63) is 86.7 Å². The van der Waals surface area contributed by atoms with Gasteiger partial charge in [-0.1, -0.05) is 38.1 Å². The largest absolute Gasteiger partial charge is 0.346 e. The van der Waals surface area contributed by atoms with Crippen LogP contribution >= 0.6 is 17.0 Å². The third-order valence-corrected chi connectivity index (χ3v) is 5.82. The lowest BCUT2D eigenvalue weighted by Gasteiger charge is -2.32. The van der Waals surface area contributed by atoms with Crippen LogP contribution in [0.4, 0.5) is 5.69 Å². The highest BCUT2D eigenvalue weighted by Gasteiger charge is 2.46. The first-order valence-electron chi connectivity index (χ1n) is 10.4. The summed E-state index contributed by atoms with van der Waals surface area (Å²) in [6.07, 6.45) is -0.369. The average molecular weight is 514 g/mol. The first-order valence-corrected chi connectivity index (χ1v) is 10.4. The number of nitro benzene ring substituents is 1. The maximum Gasteiger partial charge on any atom is 0.269 e. The topological polar surface area (TPSA) is 101 Å². The minimum absolute atomic E-state index is 0. The summed E-state index contributed by atoms with van der Waals surface area (Å²) in [4.78, 5) is 53.7. The Kier molecular flexibility index (Phi) is 6.83. The van der Waals surface area contributed by atoms with Crippen molar-refractivity contribution in [3.8, 4) is 0 Å². The number of carbonyl (C=O) groups is 3. The number of benzene rings is 2. The minimum Gasteiger partial charge on any atom is -0.346 e. The summed E-state index contributed by atoms with van der Waals surface area (Å²) in [5, 5.41) is 10.9. The fourth-order valence-electron chi connectivity index (χ4n) is 4.29. The number of allylic oxidation sites excluding steroid dienone is 2. The third-order valence-electron chi connectivity index (χ3n) is 5.82. The van der Waals surface area contributed by atoms with Gasteiger partial charge in [0.05, 0.1) is 17.6 Å². The Balaban J connectivity index is 0.00000306. The van der Waals surface area contributed by atoms with E-state index in [9.17, 15) is 24.5 Å². The van der Waals surface area contributed by atoms with E-state index in [1.165, 1.54) is 24.3 Å². The number of ketones is 3. The molecule has 2 aromatic rings. The van der Waals surface area contributed by atoms with Crippen LogP contribution in [0.15, 0.2) is 59.9 Å². The van der Waals surface area contributed by atoms with Crippen molar-refractivity contribution in [2.75, 3.05) is 13.1 Å². The van der Waals surface area contributed by atoms with E-state index in [4.69, 9.17) is 0 Å². The van der Waals surface area contributed by atoms with Gasteiger partial charge in [-0.15, -0.1) is 17.0 Å². The molecule has 33 heavy (non-hydrogen) atoms. The van der Waals surface area contributed by atoms with E-state index in [2.05, 4.69) is 0 Å². The average Bonchev–Trinajstić information content (AvgIpc) is 3.03. The number of fused-ring (bicyclic) bond motifs is 1. The van der Waals surface area contributed by atoms with Crippen LogP contribution in [0.5, 0.6) is 0 Å². The number of Topliss-reactive ketones (excluding diaryl/α,β-unsaturated/α-hetero) is 3. The Morgan fingerprint density at radius 1 is 0.970 bits per heavy atom. The number of carbonyl (C=O) groups excluding carboxylic acids is 3. The van der Waals surface area contributed by atoms with E-state index in [1.54, 1.807) is 29.2 Å². The Morgan fingerprint density at radius 3 is 1.97 bits per heavy atom. The van der Waals surface area contributed by atoms with E-state index < -0.39 is 4.92 Å². The minimum atomic E-state index is -0.526. The summed E-state index contributed by atoms with van der Waals surface area (Å²) < 4.78 is 0. The molecule has 2 aromatic carbocycles. The molecule has 0 aromatic heterocycles. The number of rotatable bonds is 6. The van der Waals surface area contributed by atoms with Gasteiger partial charge in [0.2, 0.25) is 11.6 Å². The van der Waals surface area contributed by atoms with Crippen LogP contribution in [0.3, 0.4) is 0 Å². The molecule has 4 rings (SSSR count). The molecule has 0 bridgehead atoms. The highest BCUT2D eigenvalue weighted by Crippen LogP contribution is 2.38. The van der Waals surface area contributed by atoms with Gasteiger partial charge < -0.3 is 9.80 Å². The van der Waals surface area contributed by atoms with Gasteiger partial charge in [-0.05, 0) is 25.0 Å². The number of nitrogens with zero attached hydrogens (tertiary/aromatic N) is 3. The SMILES string of the molecule is Br.CC(C)CN1C2=C(C(=O)c3ccccc3C2=O)N(CC(=O)c2ccc([N+](=O)[O-])cc2)C1C. The Hall–Kier alpha value is -3.33. The highest BCUT2D eigenvalue weighted by molar-refractivity contribution is 8.93. The summed E-state index contributed by atoms with van der Waals surface area (Å²) in [6, 6.07) is 12.1. The van der Waals surface area contributed by atoms with Gasteiger partial charge in [-0.2, -0.15) is 0 Å². The van der Waals surface area contributed by atoms with Crippen LogP contribution in [-0.2, 0) is 0 Å². The molecular formula is C24H24BrN3O5. The van der Waals surface area contributed by atoms with E-state index in [0.717, 1.165) is 0 Å². The van der Waals surface area contributed by atoms with Crippen molar-refractivity contribution in [3.63, 3.8) is 0 Å². The fraction of sp³-hybridized carbons (Fsp3) is 0.292. The number of nitro groups is 1. The lowest BCUT2D eigenvalue weighted by atomic mass is 9.90. The van der Waals surface area contributed by atoms with Crippen LogP contribution in [0.25, 0.3) is 0 Å². The van der Waals surface area contributed by atoms with Crippen molar-refractivity contribution in [2.45, 2.75) is 26.9 Å². The number of hydrogen-bond acceptors (Lipinski definition) is 7. The number of non-ortho nitro benzene ring substituents is 1. The van der Waals surface area contributed by atoms with E-state index >= 15 is 0 Å². The van der Waals surface area contributed by atoms with Crippen molar-refractivity contribution >= 4 is 40.0 Å². The van der Waals surface area contributed by atoms with E-state index in [1.807, 2.05) is 25.7 Å². The molecule has 0 fully saturated rings. The number of hydrogen-bond donors (Lipinski definition) is 0. The van der Waals surface area contributed by atoms with Crippen molar-refractivity contribution < 1.29 is 19.3 Å². The fourth-order valence-corrected chi connectivity index (χ4v) is 4.29. The zero-order valence-electron chi connectivity index (χ0n) is 18.5. The van der Waals surface area contributed by atoms with Crippen LogP contribution in [0, 0.1) is 16.0 Å². The molecule has 9 heteroatoms. The third kappa shape index (κ3) is 4.20. The number of halogens is 1. The Labute approximate surface area is 201 Å². The van der Waals surface area contributed by atoms with Crippen molar-refractivity contribution in [1.82, 2.24) is 9.80 Å². The monoisotopic (exact) mass is 513 g/mol. The standard InChI is InChI=1S/C24H23N3O5.BrH/c1-14(2)12-25-15(3)26(13-20(28)16-8-10-17(11-9-16)27(31)32)22-21(25)23(29)18-6-4-5-7-19(18)24(22)30;/h4-11,14-15H,12-13H2,1-3H3;1H. The maximum absolute atomic E-state index is 13.4. The molecule has 1 aliphatic carbocycles. The molecule has 1 unspecified atom stereocenters. The summed E-state index contributed by atoms with van der Waals surface area (Å²) in [5.74, 6) is -0.543. The second-order valence-electron chi connectivity index (χ2n) is 8.43. The van der Waals surface area contributed by atoms with Gasteiger partial charge in [-0.25, -0.2) is 0 Å².